The number of benzene rings is 1. The van der Waals surface area contributed by atoms with Crippen LogP contribution in [0.5, 0.6) is 0 Å². The van der Waals surface area contributed by atoms with Crippen LogP contribution in [0.15, 0.2) is 30.6 Å². The maximum absolute atomic E-state index is 6.14. The maximum Gasteiger partial charge on any atom is 0.224 e. The molecule has 2 heterocycles. The second kappa shape index (κ2) is 4.39. The third-order valence-corrected chi connectivity index (χ3v) is 3.14. The molecule has 0 saturated carbocycles. The molecule has 0 atom stereocenters. The van der Waals surface area contributed by atoms with Gasteiger partial charge in [0.1, 0.15) is 0 Å². The second-order valence-electron chi connectivity index (χ2n) is 3.57. The molecule has 0 saturated heterocycles. The monoisotopic (exact) mass is 298 g/mol. The molecule has 3 rings (SSSR count). The van der Waals surface area contributed by atoms with Crippen molar-refractivity contribution in [1.82, 2.24) is 19.7 Å². The summed E-state index contributed by atoms with van der Waals surface area (Å²) >= 11 is 17.8. The van der Waals surface area contributed by atoms with Gasteiger partial charge in [0.25, 0.3) is 0 Å². The molecule has 18 heavy (non-hydrogen) atoms. The zero-order chi connectivity index (χ0) is 12.7. The number of rotatable bonds is 1. The molecule has 0 N–H and O–H groups in total. The van der Waals surface area contributed by atoms with Gasteiger partial charge in [-0.15, -0.1) is 0 Å². The van der Waals surface area contributed by atoms with Gasteiger partial charge in [-0.3, -0.25) is 0 Å². The van der Waals surface area contributed by atoms with Gasteiger partial charge in [-0.1, -0.05) is 23.2 Å². The molecular formula is C11H5Cl3N4. The lowest BCUT2D eigenvalue weighted by Crippen LogP contribution is -1.99. The van der Waals surface area contributed by atoms with Crippen LogP contribution in [0.2, 0.25) is 15.3 Å². The van der Waals surface area contributed by atoms with Crippen LogP contribution in [0.25, 0.3) is 16.7 Å². The molecular weight excluding hydrogens is 295 g/mol. The van der Waals surface area contributed by atoms with E-state index >= 15 is 0 Å². The van der Waals surface area contributed by atoms with Crippen molar-refractivity contribution in [3.63, 3.8) is 0 Å². The second-order valence-corrected chi connectivity index (χ2v) is 4.75. The van der Waals surface area contributed by atoms with Crippen LogP contribution in [-0.4, -0.2) is 19.7 Å². The van der Waals surface area contributed by atoms with Gasteiger partial charge in [-0.05, 0) is 29.8 Å². The largest absolute Gasteiger partial charge is 0.226 e. The summed E-state index contributed by atoms with van der Waals surface area (Å²) in [5.41, 5.74) is 1.28. The molecule has 0 bridgehead atoms. The fraction of sp³-hybridized carbons (Fsp3) is 0. The summed E-state index contributed by atoms with van der Waals surface area (Å²) < 4.78 is 1.60. The molecule has 90 valence electrons. The standard InChI is InChI=1S/C11H5Cl3N4/c12-7-1-2-9(8(13)3-7)18-10-6(5-16-18)4-15-11(14)17-10/h1-5H. The van der Waals surface area contributed by atoms with Crippen molar-refractivity contribution in [2.45, 2.75) is 0 Å². The lowest BCUT2D eigenvalue weighted by Gasteiger charge is -2.05. The summed E-state index contributed by atoms with van der Waals surface area (Å²) in [5.74, 6) is 0. The molecule has 0 aliphatic heterocycles. The zero-order valence-electron chi connectivity index (χ0n) is 8.81. The number of halogens is 3. The van der Waals surface area contributed by atoms with Crippen molar-refractivity contribution < 1.29 is 0 Å². The highest BCUT2D eigenvalue weighted by molar-refractivity contribution is 6.35. The van der Waals surface area contributed by atoms with E-state index in [1.807, 2.05) is 0 Å². The molecule has 7 heteroatoms. The third kappa shape index (κ3) is 1.92. The van der Waals surface area contributed by atoms with Crippen LogP contribution in [0, 0.1) is 0 Å². The Kier molecular flexibility index (Phi) is 2.86. The van der Waals surface area contributed by atoms with Crippen molar-refractivity contribution in [2.75, 3.05) is 0 Å². The third-order valence-electron chi connectivity index (χ3n) is 2.42. The molecule has 0 spiro atoms. The molecule has 0 amide bonds. The first-order chi connectivity index (χ1) is 8.65. The highest BCUT2D eigenvalue weighted by Gasteiger charge is 2.10. The van der Waals surface area contributed by atoms with Gasteiger partial charge in [0.15, 0.2) is 5.65 Å². The first-order valence-electron chi connectivity index (χ1n) is 4.97. The summed E-state index contributed by atoms with van der Waals surface area (Å²) in [6, 6.07) is 5.15. The van der Waals surface area contributed by atoms with E-state index in [1.54, 1.807) is 35.3 Å². The number of nitrogens with zero attached hydrogens (tertiary/aromatic N) is 4. The quantitative estimate of drug-likeness (QED) is 0.642. The Balaban J connectivity index is 2.28. The number of fused-ring (bicyclic) bond motifs is 1. The molecule has 2 aromatic heterocycles. The predicted octanol–water partition coefficient (Wildman–Crippen LogP) is 3.78. The van der Waals surface area contributed by atoms with Gasteiger partial charge in [-0.2, -0.15) is 10.1 Å². The van der Waals surface area contributed by atoms with Gasteiger partial charge in [0.05, 0.1) is 22.3 Å². The average Bonchev–Trinajstić information content (AvgIpc) is 2.72. The Hall–Kier alpha value is -1.36. The number of aromatic nitrogens is 4. The molecule has 3 aromatic rings. The van der Waals surface area contributed by atoms with Gasteiger partial charge < -0.3 is 0 Å². The van der Waals surface area contributed by atoms with Crippen LogP contribution >= 0.6 is 34.8 Å². The van der Waals surface area contributed by atoms with Crippen LogP contribution in [0.3, 0.4) is 0 Å². The van der Waals surface area contributed by atoms with Gasteiger partial charge in [0.2, 0.25) is 5.28 Å². The van der Waals surface area contributed by atoms with E-state index in [0.29, 0.717) is 21.4 Å². The minimum absolute atomic E-state index is 0.161. The fourth-order valence-corrected chi connectivity index (χ4v) is 2.24. The van der Waals surface area contributed by atoms with E-state index in [-0.39, 0.29) is 5.28 Å². The van der Waals surface area contributed by atoms with Crippen LogP contribution in [0.4, 0.5) is 0 Å². The minimum Gasteiger partial charge on any atom is -0.226 e. The predicted molar refractivity (Wildman–Crippen MR) is 71.7 cm³/mol. The van der Waals surface area contributed by atoms with E-state index in [9.17, 15) is 0 Å². The van der Waals surface area contributed by atoms with Crippen molar-refractivity contribution in [2.24, 2.45) is 0 Å². The normalized spacial score (nSPS) is 11.1. The summed E-state index contributed by atoms with van der Waals surface area (Å²) in [7, 11) is 0. The summed E-state index contributed by atoms with van der Waals surface area (Å²) in [6.07, 6.45) is 3.26. The Morgan fingerprint density at radius 2 is 1.89 bits per heavy atom. The van der Waals surface area contributed by atoms with E-state index in [2.05, 4.69) is 15.1 Å². The Bertz CT molecular complexity index is 738. The summed E-state index contributed by atoms with van der Waals surface area (Å²) in [5, 5.41) is 6.22. The topological polar surface area (TPSA) is 43.6 Å². The lowest BCUT2D eigenvalue weighted by molar-refractivity contribution is 0.895. The molecule has 1 aromatic carbocycles. The van der Waals surface area contributed by atoms with E-state index in [4.69, 9.17) is 34.8 Å². The Labute approximate surface area is 117 Å². The molecule has 0 fully saturated rings. The van der Waals surface area contributed by atoms with E-state index in [1.165, 1.54) is 0 Å². The molecule has 0 radical (unpaired) electrons. The van der Waals surface area contributed by atoms with Gasteiger partial charge >= 0.3 is 0 Å². The Morgan fingerprint density at radius 3 is 2.67 bits per heavy atom. The van der Waals surface area contributed by atoms with Crippen molar-refractivity contribution in [3.05, 3.63) is 45.9 Å². The van der Waals surface area contributed by atoms with E-state index < -0.39 is 0 Å². The molecule has 0 aliphatic rings. The van der Waals surface area contributed by atoms with Gasteiger partial charge in [0, 0.05) is 11.2 Å². The number of hydrogen-bond donors (Lipinski definition) is 0. The smallest absolute Gasteiger partial charge is 0.224 e. The van der Waals surface area contributed by atoms with Crippen molar-refractivity contribution in [1.29, 1.82) is 0 Å². The van der Waals surface area contributed by atoms with Crippen LogP contribution in [0.1, 0.15) is 0 Å². The van der Waals surface area contributed by atoms with Crippen molar-refractivity contribution in [3.8, 4) is 5.69 Å². The highest BCUT2D eigenvalue weighted by Crippen LogP contribution is 2.26. The minimum atomic E-state index is 0.161. The first kappa shape index (κ1) is 11.7. The maximum atomic E-state index is 6.14. The van der Waals surface area contributed by atoms with Crippen molar-refractivity contribution >= 4 is 45.8 Å². The molecule has 4 nitrogen and oxygen atoms in total. The van der Waals surface area contributed by atoms with E-state index in [0.717, 1.165) is 5.39 Å². The fourth-order valence-electron chi connectivity index (χ4n) is 1.63. The first-order valence-corrected chi connectivity index (χ1v) is 6.10. The van der Waals surface area contributed by atoms with Crippen LogP contribution < -0.4 is 0 Å². The Morgan fingerprint density at radius 1 is 1.06 bits per heavy atom. The molecule has 0 unspecified atom stereocenters. The van der Waals surface area contributed by atoms with Gasteiger partial charge in [-0.25, -0.2) is 9.67 Å². The summed E-state index contributed by atoms with van der Waals surface area (Å²) in [6.45, 7) is 0. The molecule has 0 aliphatic carbocycles. The average molecular weight is 300 g/mol. The lowest BCUT2D eigenvalue weighted by atomic mass is 10.3. The van der Waals surface area contributed by atoms with Crippen LogP contribution in [-0.2, 0) is 0 Å². The summed E-state index contributed by atoms with van der Waals surface area (Å²) in [4.78, 5) is 8.04. The number of hydrogen-bond acceptors (Lipinski definition) is 3. The SMILES string of the molecule is Clc1ccc(-n2ncc3cnc(Cl)nc32)c(Cl)c1. The zero-order valence-corrected chi connectivity index (χ0v) is 11.1. The highest BCUT2D eigenvalue weighted by atomic mass is 35.5.